The van der Waals surface area contributed by atoms with Crippen LogP contribution in [0.15, 0.2) is 48.5 Å². The number of morpholine rings is 1. The van der Waals surface area contributed by atoms with Gasteiger partial charge in [0.1, 0.15) is 5.82 Å². The summed E-state index contributed by atoms with van der Waals surface area (Å²) in [6.07, 6.45) is 1.80. The summed E-state index contributed by atoms with van der Waals surface area (Å²) < 4.78 is 5.48. The van der Waals surface area contributed by atoms with Crippen LogP contribution in [0.5, 0.6) is 0 Å². The molecule has 0 atom stereocenters. The minimum atomic E-state index is -0.453. The average molecular weight is 400 g/mol. The summed E-state index contributed by atoms with van der Waals surface area (Å²) in [4.78, 5) is 17.5. The van der Waals surface area contributed by atoms with Crippen LogP contribution >= 0.6 is 0 Å². The van der Waals surface area contributed by atoms with E-state index in [4.69, 9.17) is 9.72 Å². The number of benzene rings is 2. The molecule has 0 amide bonds. The van der Waals surface area contributed by atoms with E-state index in [1.165, 1.54) is 12.1 Å². The molecule has 0 aliphatic carbocycles. The molecule has 30 heavy (non-hydrogen) atoms. The minimum absolute atomic E-state index is 0.00668. The number of ether oxygens (including phenoxy) is 1. The van der Waals surface area contributed by atoms with Crippen LogP contribution in [0.1, 0.15) is 16.7 Å². The van der Waals surface area contributed by atoms with Gasteiger partial charge in [-0.3, -0.25) is 10.1 Å². The number of nitro groups is 1. The normalized spacial score (nSPS) is 14.5. The number of hydrogen-bond acceptors (Lipinski definition) is 6. The molecule has 7 heteroatoms. The molecule has 150 valence electrons. The van der Waals surface area contributed by atoms with E-state index in [9.17, 15) is 15.4 Å². The SMILES string of the molecule is Cc1ccc2cc(/C=C(\C#N)c3ccc([N+](=O)[O-])cc3)c(N3CCOCC3)nc2c1. The Bertz CT molecular complexity index is 1170. The molecule has 0 bridgehead atoms. The third-order valence-corrected chi connectivity index (χ3v) is 5.10. The van der Waals surface area contributed by atoms with Crippen LogP contribution < -0.4 is 4.90 Å². The van der Waals surface area contributed by atoms with Crippen molar-refractivity contribution in [2.75, 3.05) is 31.2 Å². The van der Waals surface area contributed by atoms with Crippen LogP contribution in [-0.2, 0) is 4.74 Å². The van der Waals surface area contributed by atoms with Gasteiger partial charge in [0.2, 0.25) is 0 Å². The predicted octanol–water partition coefficient (Wildman–Crippen LogP) is 4.35. The number of allylic oxidation sites excluding steroid dienone is 1. The number of non-ortho nitro benzene ring substituents is 1. The lowest BCUT2D eigenvalue weighted by atomic mass is 10.0. The Hall–Kier alpha value is -3.76. The second-order valence-corrected chi connectivity index (χ2v) is 7.17. The molecule has 4 rings (SSSR count). The lowest BCUT2D eigenvalue weighted by Crippen LogP contribution is -2.37. The molecular weight excluding hydrogens is 380 g/mol. The largest absolute Gasteiger partial charge is 0.378 e. The van der Waals surface area contributed by atoms with E-state index in [-0.39, 0.29) is 5.69 Å². The molecule has 7 nitrogen and oxygen atoms in total. The first-order valence-corrected chi connectivity index (χ1v) is 9.66. The van der Waals surface area contributed by atoms with Gasteiger partial charge in [-0.25, -0.2) is 4.98 Å². The van der Waals surface area contributed by atoms with Crippen LogP contribution in [0.3, 0.4) is 0 Å². The first-order valence-electron chi connectivity index (χ1n) is 9.66. The van der Waals surface area contributed by atoms with E-state index in [0.717, 1.165) is 40.9 Å². The number of nitro benzene ring substituents is 1. The molecule has 1 aliphatic rings. The fourth-order valence-corrected chi connectivity index (χ4v) is 3.52. The Morgan fingerprint density at radius 2 is 1.93 bits per heavy atom. The van der Waals surface area contributed by atoms with Crippen molar-refractivity contribution in [3.8, 4) is 6.07 Å². The van der Waals surface area contributed by atoms with Crippen molar-refractivity contribution < 1.29 is 9.66 Å². The smallest absolute Gasteiger partial charge is 0.269 e. The Kier molecular flexibility index (Phi) is 5.42. The van der Waals surface area contributed by atoms with Crippen molar-refractivity contribution in [3.05, 3.63) is 75.3 Å². The summed E-state index contributed by atoms with van der Waals surface area (Å²) in [5.41, 5.74) is 3.92. The summed E-state index contributed by atoms with van der Waals surface area (Å²) in [7, 11) is 0. The highest BCUT2D eigenvalue weighted by Crippen LogP contribution is 2.29. The zero-order chi connectivity index (χ0) is 21.1. The van der Waals surface area contributed by atoms with E-state index >= 15 is 0 Å². The van der Waals surface area contributed by atoms with Crippen molar-refractivity contribution in [2.24, 2.45) is 0 Å². The van der Waals surface area contributed by atoms with E-state index in [1.807, 2.05) is 31.2 Å². The minimum Gasteiger partial charge on any atom is -0.378 e. The zero-order valence-corrected chi connectivity index (χ0v) is 16.5. The summed E-state index contributed by atoms with van der Waals surface area (Å²) >= 11 is 0. The molecule has 2 heterocycles. The number of anilines is 1. The van der Waals surface area contributed by atoms with Crippen LogP contribution in [-0.4, -0.2) is 36.2 Å². The molecule has 2 aromatic carbocycles. The fourth-order valence-electron chi connectivity index (χ4n) is 3.52. The summed E-state index contributed by atoms with van der Waals surface area (Å²) in [6.45, 7) is 4.75. The molecule has 0 radical (unpaired) electrons. The van der Waals surface area contributed by atoms with Gasteiger partial charge < -0.3 is 9.64 Å². The van der Waals surface area contributed by atoms with Crippen LogP contribution in [0.4, 0.5) is 11.5 Å². The Labute approximate surface area is 174 Å². The summed E-state index contributed by atoms with van der Waals surface area (Å²) in [6, 6.07) is 16.4. The van der Waals surface area contributed by atoms with E-state index < -0.39 is 4.92 Å². The molecule has 1 aliphatic heterocycles. The van der Waals surface area contributed by atoms with Crippen LogP contribution in [0.25, 0.3) is 22.6 Å². The molecule has 1 fully saturated rings. The fraction of sp³-hybridized carbons (Fsp3) is 0.217. The molecule has 0 spiro atoms. The molecular formula is C23H20N4O3. The Balaban J connectivity index is 1.83. The predicted molar refractivity (Wildman–Crippen MR) is 116 cm³/mol. The Morgan fingerprint density at radius 1 is 1.20 bits per heavy atom. The number of aromatic nitrogens is 1. The van der Waals surface area contributed by atoms with Crippen molar-refractivity contribution in [1.29, 1.82) is 5.26 Å². The van der Waals surface area contributed by atoms with Crippen LogP contribution in [0, 0.1) is 28.4 Å². The summed E-state index contributed by atoms with van der Waals surface area (Å²) in [5, 5.41) is 21.7. The van der Waals surface area contributed by atoms with Gasteiger partial charge in [-0.2, -0.15) is 5.26 Å². The monoisotopic (exact) mass is 400 g/mol. The van der Waals surface area contributed by atoms with Gasteiger partial charge in [-0.15, -0.1) is 0 Å². The first kappa shape index (κ1) is 19.6. The van der Waals surface area contributed by atoms with Crippen molar-refractivity contribution in [3.63, 3.8) is 0 Å². The summed E-state index contributed by atoms with van der Waals surface area (Å²) in [5.74, 6) is 0.811. The van der Waals surface area contributed by atoms with Crippen molar-refractivity contribution in [1.82, 2.24) is 4.98 Å². The zero-order valence-electron chi connectivity index (χ0n) is 16.5. The molecule has 3 aromatic rings. The standard InChI is InChI=1S/C23H20N4O3/c1-16-2-3-18-13-19(23(25-22(18)12-16)26-8-10-30-11-9-26)14-20(15-24)17-4-6-21(7-5-17)27(28)29/h2-7,12-14H,8-11H2,1H3/b20-14+. The number of nitriles is 1. The molecule has 0 saturated carbocycles. The third-order valence-electron chi connectivity index (χ3n) is 5.10. The highest BCUT2D eigenvalue weighted by atomic mass is 16.6. The second kappa shape index (κ2) is 8.31. The topological polar surface area (TPSA) is 92.3 Å². The van der Waals surface area contributed by atoms with Gasteiger partial charge in [0.05, 0.1) is 35.3 Å². The second-order valence-electron chi connectivity index (χ2n) is 7.17. The highest BCUT2D eigenvalue weighted by molar-refractivity contribution is 5.94. The average Bonchev–Trinajstić information content (AvgIpc) is 2.77. The Morgan fingerprint density at radius 3 is 2.60 bits per heavy atom. The number of hydrogen-bond donors (Lipinski definition) is 0. The number of rotatable bonds is 4. The molecule has 0 N–H and O–H groups in total. The number of fused-ring (bicyclic) bond motifs is 1. The van der Waals surface area contributed by atoms with Gasteiger partial charge in [-0.1, -0.05) is 12.1 Å². The molecule has 1 aromatic heterocycles. The number of aryl methyl sites for hydroxylation is 1. The van der Waals surface area contributed by atoms with E-state index in [0.29, 0.717) is 24.4 Å². The lowest BCUT2D eigenvalue weighted by molar-refractivity contribution is -0.384. The van der Waals surface area contributed by atoms with Gasteiger partial charge in [0.25, 0.3) is 5.69 Å². The van der Waals surface area contributed by atoms with Crippen molar-refractivity contribution in [2.45, 2.75) is 6.92 Å². The maximum atomic E-state index is 10.9. The molecule has 1 saturated heterocycles. The van der Waals surface area contributed by atoms with Gasteiger partial charge in [0.15, 0.2) is 0 Å². The maximum absolute atomic E-state index is 10.9. The third kappa shape index (κ3) is 4.00. The van der Waals surface area contributed by atoms with E-state index in [1.54, 1.807) is 18.2 Å². The number of pyridine rings is 1. The van der Waals surface area contributed by atoms with Gasteiger partial charge in [0, 0.05) is 36.2 Å². The molecule has 0 unspecified atom stereocenters. The van der Waals surface area contributed by atoms with Gasteiger partial charge >= 0.3 is 0 Å². The van der Waals surface area contributed by atoms with Crippen LogP contribution in [0.2, 0.25) is 0 Å². The first-order chi connectivity index (χ1) is 14.5. The van der Waals surface area contributed by atoms with E-state index in [2.05, 4.69) is 11.0 Å². The maximum Gasteiger partial charge on any atom is 0.269 e. The highest BCUT2D eigenvalue weighted by Gasteiger charge is 2.17. The van der Waals surface area contributed by atoms with Gasteiger partial charge in [-0.05, 0) is 48.4 Å². The quantitative estimate of drug-likeness (QED) is 0.367. The van der Waals surface area contributed by atoms with Crippen molar-refractivity contribution >= 4 is 34.1 Å². The number of nitrogens with zero attached hydrogens (tertiary/aromatic N) is 4. The lowest BCUT2D eigenvalue weighted by Gasteiger charge is -2.29.